The van der Waals surface area contributed by atoms with Gasteiger partial charge >= 0.3 is 0 Å². The Morgan fingerprint density at radius 2 is 1.74 bits per heavy atom. The van der Waals surface area contributed by atoms with Gasteiger partial charge in [0.15, 0.2) is 0 Å². The van der Waals surface area contributed by atoms with Gasteiger partial charge in [0, 0.05) is 44.2 Å². The van der Waals surface area contributed by atoms with Gasteiger partial charge in [-0.15, -0.1) is 5.10 Å². The maximum absolute atomic E-state index is 13.2. The van der Waals surface area contributed by atoms with Gasteiger partial charge in [-0.05, 0) is 36.2 Å². The van der Waals surface area contributed by atoms with Crippen LogP contribution in [0.25, 0.3) is 0 Å². The molecule has 1 fully saturated rings. The lowest BCUT2D eigenvalue weighted by Crippen LogP contribution is -2.32. The van der Waals surface area contributed by atoms with Crippen molar-refractivity contribution in [1.29, 1.82) is 0 Å². The molecule has 0 aliphatic heterocycles. The molecule has 2 atom stereocenters. The number of ether oxygens (including phenoxy) is 3. The molecule has 3 aromatic heterocycles. The number of methoxy groups -OCH3 is 2. The molecule has 0 unspecified atom stereocenters. The van der Waals surface area contributed by atoms with Gasteiger partial charge in [-0.25, -0.2) is 4.68 Å². The predicted molar refractivity (Wildman–Crippen MR) is 140 cm³/mol. The largest absolute Gasteiger partial charge is 0.497 e. The van der Waals surface area contributed by atoms with Crippen molar-refractivity contribution in [1.82, 2.24) is 29.8 Å². The van der Waals surface area contributed by atoms with Gasteiger partial charge < -0.3 is 19.1 Å². The van der Waals surface area contributed by atoms with E-state index in [4.69, 9.17) is 14.2 Å². The summed E-state index contributed by atoms with van der Waals surface area (Å²) in [5.41, 5.74) is 3.05. The third-order valence-corrected chi connectivity index (χ3v) is 6.64. The Bertz CT molecular complexity index is 1430. The summed E-state index contributed by atoms with van der Waals surface area (Å²) in [5.74, 6) is 2.59. The van der Waals surface area contributed by atoms with Gasteiger partial charge in [-0.2, -0.15) is 15.0 Å². The number of anilines is 1. The molecule has 1 aliphatic carbocycles. The van der Waals surface area contributed by atoms with E-state index < -0.39 is 0 Å². The Hall–Kier alpha value is -4.41. The van der Waals surface area contributed by atoms with Crippen molar-refractivity contribution >= 4 is 5.69 Å². The van der Waals surface area contributed by atoms with E-state index in [1.165, 1.54) is 9.48 Å². The Morgan fingerprint density at radius 1 is 0.974 bits per heavy atom. The molecule has 38 heavy (non-hydrogen) atoms. The predicted octanol–water partition coefficient (Wildman–Crippen LogP) is 2.71. The first kappa shape index (κ1) is 25.2. The van der Waals surface area contributed by atoms with Crippen LogP contribution < -0.4 is 24.7 Å². The van der Waals surface area contributed by atoms with Crippen molar-refractivity contribution < 1.29 is 14.2 Å². The molecule has 0 N–H and O–H groups in total. The van der Waals surface area contributed by atoms with Gasteiger partial charge in [-0.3, -0.25) is 9.78 Å². The van der Waals surface area contributed by atoms with Gasteiger partial charge in [0.25, 0.3) is 5.56 Å². The third-order valence-electron chi connectivity index (χ3n) is 6.64. The molecule has 11 nitrogen and oxygen atoms in total. The highest BCUT2D eigenvalue weighted by molar-refractivity contribution is 5.48. The number of pyridine rings is 1. The van der Waals surface area contributed by atoms with Crippen LogP contribution in [0.1, 0.15) is 29.3 Å². The van der Waals surface area contributed by atoms with Crippen molar-refractivity contribution in [2.24, 2.45) is 20.0 Å². The molecule has 4 aromatic rings. The van der Waals surface area contributed by atoms with E-state index in [1.807, 2.05) is 41.3 Å². The van der Waals surface area contributed by atoms with Gasteiger partial charge in [0.05, 0.1) is 39.8 Å². The number of hydrogen-bond donors (Lipinski definition) is 0. The van der Waals surface area contributed by atoms with E-state index in [9.17, 15) is 4.79 Å². The van der Waals surface area contributed by atoms with Crippen LogP contribution in [0, 0.1) is 5.92 Å². The molecule has 198 valence electrons. The summed E-state index contributed by atoms with van der Waals surface area (Å²) in [5, 5.41) is 12.9. The van der Waals surface area contributed by atoms with E-state index >= 15 is 0 Å². The van der Waals surface area contributed by atoms with E-state index in [2.05, 4.69) is 20.3 Å². The molecular weight excluding hydrogens is 486 g/mol. The summed E-state index contributed by atoms with van der Waals surface area (Å²) in [6.45, 7) is 1.37. The van der Waals surface area contributed by atoms with E-state index in [-0.39, 0.29) is 5.56 Å². The first-order chi connectivity index (χ1) is 18.4. The monoisotopic (exact) mass is 517 g/mol. The summed E-state index contributed by atoms with van der Waals surface area (Å²) in [4.78, 5) is 21.2. The third kappa shape index (κ3) is 5.77. The summed E-state index contributed by atoms with van der Waals surface area (Å²) in [7, 11) is 6.66. The highest BCUT2D eigenvalue weighted by atomic mass is 16.5. The molecule has 11 heteroatoms. The molecule has 0 bridgehead atoms. The topological polar surface area (TPSA) is 109 Å². The molecule has 0 radical (unpaired) electrons. The molecule has 0 saturated heterocycles. The SMILES string of the molecule is COc1ccc(CN(Cc2cnn(C)n2)c2cc(OC[C@H]3C[C@@H]3c3ccc(OC)cn3)nn(C)c2=O)cc1. The normalized spacial score (nSPS) is 16.2. The van der Waals surface area contributed by atoms with Crippen LogP contribution in [0.3, 0.4) is 0 Å². The fourth-order valence-corrected chi connectivity index (χ4v) is 4.42. The van der Waals surface area contributed by atoms with Crippen LogP contribution in [0.15, 0.2) is 59.7 Å². The van der Waals surface area contributed by atoms with Gasteiger partial charge in [-0.1, -0.05) is 12.1 Å². The van der Waals surface area contributed by atoms with Crippen LogP contribution in [0.5, 0.6) is 17.4 Å². The van der Waals surface area contributed by atoms with Crippen LogP contribution in [-0.2, 0) is 27.2 Å². The highest BCUT2D eigenvalue weighted by Gasteiger charge is 2.40. The number of hydrogen-bond acceptors (Lipinski definition) is 9. The zero-order valence-corrected chi connectivity index (χ0v) is 21.9. The summed E-state index contributed by atoms with van der Waals surface area (Å²) in [6, 6.07) is 13.4. The quantitative estimate of drug-likeness (QED) is 0.297. The summed E-state index contributed by atoms with van der Waals surface area (Å²) in [6.07, 6.45) is 4.43. The minimum absolute atomic E-state index is 0.221. The van der Waals surface area contributed by atoms with E-state index in [1.54, 1.807) is 46.8 Å². The van der Waals surface area contributed by atoms with Crippen molar-refractivity contribution in [3.8, 4) is 17.4 Å². The highest BCUT2D eigenvalue weighted by Crippen LogP contribution is 2.46. The number of aromatic nitrogens is 6. The lowest BCUT2D eigenvalue weighted by Gasteiger charge is -2.24. The summed E-state index contributed by atoms with van der Waals surface area (Å²) < 4.78 is 17.9. The fraction of sp³-hybridized carbons (Fsp3) is 0.370. The second-order valence-electron chi connectivity index (χ2n) is 9.36. The molecular formula is C27H31N7O4. The molecule has 5 rings (SSSR count). The average Bonchev–Trinajstić information content (AvgIpc) is 3.60. The lowest BCUT2D eigenvalue weighted by molar-refractivity contribution is 0.277. The van der Waals surface area contributed by atoms with Crippen molar-refractivity contribution in [3.63, 3.8) is 0 Å². The second kappa shape index (κ2) is 10.9. The first-order valence-corrected chi connectivity index (χ1v) is 12.4. The number of aryl methyl sites for hydroxylation is 2. The maximum Gasteiger partial charge on any atom is 0.290 e. The smallest absolute Gasteiger partial charge is 0.290 e. The molecule has 1 aromatic carbocycles. The second-order valence-corrected chi connectivity index (χ2v) is 9.36. The van der Waals surface area contributed by atoms with E-state index in [0.717, 1.165) is 34.9 Å². The Kier molecular flexibility index (Phi) is 7.25. The fourth-order valence-electron chi connectivity index (χ4n) is 4.42. The Morgan fingerprint density at radius 3 is 2.39 bits per heavy atom. The molecule has 1 saturated carbocycles. The zero-order valence-electron chi connectivity index (χ0n) is 21.9. The van der Waals surface area contributed by atoms with Crippen molar-refractivity contribution in [2.75, 3.05) is 25.7 Å². The molecule has 0 amide bonds. The van der Waals surface area contributed by atoms with Gasteiger partial charge in [0.2, 0.25) is 5.88 Å². The van der Waals surface area contributed by atoms with Crippen LogP contribution in [0.4, 0.5) is 5.69 Å². The zero-order chi connectivity index (χ0) is 26.6. The Labute approximate surface area is 220 Å². The first-order valence-electron chi connectivity index (χ1n) is 12.4. The number of benzene rings is 1. The molecule has 0 spiro atoms. The van der Waals surface area contributed by atoms with Crippen LogP contribution in [-0.4, -0.2) is 50.6 Å². The van der Waals surface area contributed by atoms with Crippen LogP contribution >= 0.6 is 0 Å². The maximum atomic E-state index is 13.2. The van der Waals surface area contributed by atoms with E-state index in [0.29, 0.717) is 43.1 Å². The number of rotatable bonds is 11. The molecule has 3 heterocycles. The molecule has 1 aliphatic rings. The Balaban J connectivity index is 1.34. The van der Waals surface area contributed by atoms with Crippen LogP contribution in [0.2, 0.25) is 0 Å². The average molecular weight is 518 g/mol. The minimum atomic E-state index is -0.221. The lowest BCUT2D eigenvalue weighted by atomic mass is 10.2. The standard InChI is InChI=1S/C27H31N7O4/c1-32-27(35)25(12-26(31-32)38-17-19-11-23(19)24-10-9-22(37-4)14-28-24)34(16-20-13-29-33(2)30-20)15-18-5-7-21(36-3)8-6-18/h5-10,12-14,19,23H,11,15-17H2,1-4H3/t19-,23+/m1/s1. The summed E-state index contributed by atoms with van der Waals surface area (Å²) >= 11 is 0. The van der Waals surface area contributed by atoms with Gasteiger partial charge in [0.1, 0.15) is 22.9 Å². The van der Waals surface area contributed by atoms with Crippen molar-refractivity contribution in [2.45, 2.75) is 25.4 Å². The van der Waals surface area contributed by atoms with Crippen molar-refractivity contribution in [3.05, 3.63) is 82.2 Å². The minimum Gasteiger partial charge on any atom is -0.497 e. The number of nitrogens with zero attached hydrogens (tertiary/aromatic N) is 7.